The fraction of sp³-hybridized carbons (Fsp3) is 0.333. The highest BCUT2D eigenvalue weighted by Crippen LogP contribution is 2.10. The molecule has 0 heterocycles. The van der Waals surface area contributed by atoms with Crippen molar-refractivity contribution in [3.05, 3.63) is 41.7 Å². The first-order valence-corrected chi connectivity index (χ1v) is 8.30. The van der Waals surface area contributed by atoms with Gasteiger partial charge in [0.15, 0.2) is 0 Å². The summed E-state index contributed by atoms with van der Waals surface area (Å²) in [7, 11) is -1.42. The Balaban J connectivity index is 2.65. The van der Waals surface area contributed by atoms with Gasteiger partial charge in [0.05, 0.1) is 6.26 Å². The van der Waals surface area contributed by atoms with Crippen molar-refractivity contribution < 1.29 is 4.43 Å². The smallest absolute Gasteiger partial charge is 0.241 e. The first kappa shape index (κ1) is 11.1. The number of hydrogen-bond acceptors (Lipinski definition) is 1. The summed E-state index contributed by atoms with van der Waals surface area (Å²) in [6, 6.07) is 8.29. The minimum Gasteiger partial charge on any atom is -0.550 e. The lowest BCUT2D eigenvalue weighted by atomic mass is 10.1. The van der Waals surface area contributed by atoms with E-state index in [1.165, 1.54) is 11.1 Å². The summed E-state index contributed by atoms with van der Waals surface area (Å²) in [4.78, 5) is 0. The van der Waals surface area contributed by atoms with Gasteiger partial charge in [0.25, 0.3) is 0 Å². The van der Waals surface area contributed by atoms with Gasteiger partial charge in [-0.05, 0) is 43.8 Å². The Labute approximate surface area is 87.5 Å². The summed E-state index contributed by atoms with van der Waals surface area (Å²) < 4.78 is 5.65. The Morgan fingerprint density at radius 1 is 1.14 bits per heavy atom. The van der Waals surface area contributed by atoms with Crippen LogP contribution in [0, 0.1) is 6.92 Å². The van der Waals surface area contributed by atoms with Crippen LogP contribution in [0.15, 0.2) is 30.5 Å². The molecule has 2 heteroatoms. The maximum Gasteiger partial charge on any atom is 0.241 e. The molecule has 0 spiro atoms. The summed E-state index contributed by atoms with van der Waals surface area (Å²) in [5.74, 6) is 0. The zero-order valence-corrected chi connectivity index (χ0v) is 10.4. The lowest BCUT2D eigenvalue weighted by Crippen LogP contribution is -2.21. The van der Waals surface area contributed by atoms with Gasteiger partial charge in [-0.3, -0.25) is 0 Å². The molecule has 0 fully saturated rings. The van der Waals surface area contributed by atoms with E-state index in [0.29, 0.717) is 0 Å². The van der Waals surface area contributed by atoms with Crippen molar-refractivity contribution in [2.75, 3.05) is 0 Å². The summed E-state index contributed by atoms with van der Waals surface area (Å²) >= 11 is 0. The Morgan fingerprint density at radius 2 is 1.79 bits per heavy atom. The minimum absolute atomic E-state index is 1.23. The van der Waals surface area contributed by atoms with E-state index >= 15 is 0 Å². The van der Waals surface area contributed by atoms with Crippen LogP contribution in [-0.2, 0) is 4.43 Å². The van der Waals surface area contributed by atoms with E-state index in [2.05, 4.69) is 38.7 Å². The Kier molecular flexibility index (Phi) is 3.53. The third kappa shape index (κ3) is 3.79. The van der Waals surface area contributed by atoms with Gasteiger partial charge in [0.1, 0.15) is 0 Å². The van der Waals surface area contributed by atoms with Crippen LogP contribution < -0.4 is 0 Å². The number of benzene rings is 1. The third-order valence-corrected chi connectivity index (χ3v) is 2.70. The number of aryl methyl sites for hydroxylation is 1. The highest BCUT2D eigenvalue weighted by Gasteiger charge is 2.12. The quantitative estimate of drug-likeness (QED) is 0.539. The van der Waals surface area contributed by atoms with Crippen LogP contribution in [0.4, 0.5) is 0 Å². The van der Waals surface area contributed by atoms with E-state index in [1.807, 2.05) is 24.5 Å². The largest absolute Gasteiger partial charge is 0.550 e. The van der Waals surface area contributed by atoms with Gasteiger partial charge in [-0.2, -0.15) is 0 Å². The lowest BCUT2D eigenvalue weighted by Gasteiger charge is -2.14. The van der Waals surface area contributed by atoms with Crippen LogP contribution in [0.2, 0.25) is 19.6 Å². The van der Waals surface area contributed by atoms with E-state index in [1.54, 1.807) is 0 Å². The Bertz CT molecular complexity index is 323. The highest BCUT2D eigenvalue weighted by atomic mass is 28.4. The standard InChI is InChI=1S/C12H18OSi/c1-11-7-5-6-8-12(11)9-10-13-14(2,3)4/h5-10H,1-4H3/b10-9-. The number of hydrogen-bond donors (Lipinski definition) is 0. The highest BCUT2D eigenvalue weighted by molar-refractivity contribution is 6.69. The van der Waals surface area contributed by atoms with E-state index in [-0.39, 0.29) is 0 Å². The molecule has 1 aromatic rings. The Hall–Kier alpha value is -1.02. The van der Waals surface area contributed by atoms with Gasteiger partial charge in [-0.25, -0.2) is 0 Å². The zero-order chi connectivity index (χ0) is 10.6. The molecule has 0 unspecified atom stereocenters. The first-order valence-electron chi connectivity index (χ1n) is 4.89. The van der Waals surface area contributed by atoms with Gasteiger partial charge >= 0.3 is 0 Å². The van der Waals surface area contributed by atoms with E-state index in [4.69, 9.17) is 4.43 Å². The summed E-state index contributed by atoms with van der Waals surface area (Å²) in [5.41, 5.74) is 2.51. The molecule has 1 aromatic carbocycles. The Morgan fingerprint density at radius 3 is 2.36 bits per heavy atom. The third-order valence-electron chi connectivity index (χ3n) is 1.86. The van der Waals surface area contributed by atoms with Crippen molar-refractivity contribution >= 4 is 14.4 Å². The molecule has 0 saturated heterocycles. The predicted octanol–water partition coefficient (Wildman–Crippen LogP) is 3.82. The predicted molar refractivity (Wildman–Crippen MR) is 64.6 cm³/mol. The summed E-state index contributed by atoms with van der Waals surface area (Å²) in [6.45, 7) is 8.63. The van der Waals surface area contributed by atoms with E-state index in [0.717, 1.165) is 0 Å². The molecule has 14 heavy (non-hydrogen) atoms. The lowest BCUT2D eigenvalue weighted by molar-refractivity contribution is 0.483. The SMILES string of the molecule is Cc1ccccc1/C=C\O[Si](C)(C)C. The topological polar surface area (TPSA) is 9.23 Å². The molecule has 0 aliphatic carbocycles. The molecule has 1 rings (SSSR count). The van der Waals surface area contributed by atoms with Crippen molar-refractivity contribution in [1.29, 1.82) is 0 Å². The van der Waals surface area contributed by atoms with E-state index < -0.39 is 8.32 Å². The van der Waals surface area contributed by atoms with Gasteiger partial charge < -0.3 is 4.43 Å². The van der Waals surface area contributed by atoms with Crippen molar-refractivity contribution in [2.24, 2.45) is 0 Å². The molecule has 0 N–H and O–H groups in total. The molecule has 0 amide bonds. The van der Waals surface area contributed by atoms with Crippen molar-refractivity contribution in [1.82, 2.24) is 0 Å². The van der Waals surface area contributed by atoms with Gasteiger partial charge in [-0.15, -0.1) is 0 Å². The van der Waals surface area contributed by atoms with Crippen LogP contribution >= 0.6 is 0 Å². The normalized spacial score (nSPS) is 12.0. The average molecular weight is 206 g/mol. The fourth-order valence-electron chi connectivity index (χ4n) is 1.09. The molecule has 0 atom stereocenters. The second-order valence-corrected chi connectivity index (χ2v) is 8.85. The van der Waals surface area contributed by atoms with Crippen molar-refractivity contribution in [2.45, 2.75) is 26.6 Å². The maximum atomic E-state index is 5.65. The van der Waals surface area contributed by atoms with Crippen LogP contribution in [0.3, 0.4) is 0 Å². The first-order chi connectivity index (χ1) is 6.49. The molecule has 1 nitrogen and oxygen atoms in total. The number of rotatable bonds is 3. The zero-order valence-electron chi connectivity index (χ0n) is 9.37. The van der Waals surface area contributed by atoms with Crippen LogP contribution in [0.1, 0.15) is 11.1 Å². The molecule has 0 aliphatic heterocycles. The van der Waals surface area contributed by atoms with E-state index in [9.17, 15) is 0 Å². The van der Waals surface area contributed by atoms with Gasteiger partial charge in [0.2, 0.25) is 8.32 Å². The maximum absolute atomic E-state index is 5.65. The molecule has 0 bridgehead atoms. The van der Waals surface area contributed by atoms with Crippen molar-refractivity contribution in [3.63, 3.8) is 0 Å². The second kappa shape index (κ2) is 4.47. The van der Waals surface area contributed by atoms with Crippen molar-refractivity contribution in [3.8, 4) is 0 Å². The monoisotopic (exact) mass is 206 g/mol. The molecular weight excluding hydrogens is 188 g/mol. The second-order valence-electron chi connectivity index (χ2n) is 4.39. The summed E-state index contributed by atoms with van der Waals surface area (Å²) in [5, 5.41) is 0. The average Bonchev–Trinajstić information content (AvgIpc) is 2.06. The fourth-order valence-corrected chi connectivity index (χ4v) is 1.56. The van der Waals surface area contributed by atoms with Crippen LogP contribution in [-0.4, -0.2) is 8.32 Å². The molecule has 0 radical (unpaired) electrons. The van der Waals surface area contributed by atoms with Gasteiger partial charge in [-0.1, -0.05) is 24.3 Å². The minimum atomic E-state index is -1.42. The molecule has 0 aromatic heterocycles. The summed E-state index contributed by atoms with van der Waals surface area (Å²) in [6.07, 6.45) is 3.86. The van der Waals surface area contributed by atoms with Crippen LogP contribution in [0.5, 0.6) is 0 Å². The van der Waals surface area contributed by atoms with Crippen LogP contribution in [0.25, 0.3) is 6.08 Å². The molecule has 0 aliphatic rings. The molecule has 76 valence electrons. The van der Waals surface area contributed by atoms with Gasteiger partial charge in [0, 0.05) is 0 Å². The molecular formula is C12H18OSi. The molecule has 0 saturated carbocycles.